The lowest BCUT2D eigenvalue weighted by molar-refractivity contribution is 0.111. The molecule has 11 heavy (non-hydrogen) atoms. The highest BCUT2D eigenvalue weighted by Crippen LogP contribution is 2.01. The van der Waals surface area contributed by atoms with Crippen LogP contribution in [0.1, 0.15) is 10.5 Å². The van der Waals surface area contributed by atoms with Gasteiger partial charge >= 0.3 is 0 Å². The maximum atomic E-state index is 10.9. The normalized spacial score (nSPS) is 11.4. The van der Waals surface area contributed by atoms with E-state index in [9.17, 15) is 13.2 Å². The molecule has 0 amide bonds. The van der Waals surface area contributed by atoms with Gasteiger partial charge in [-0.3, -0.25) is 4.79 Å². The van der Waals surface area contributed by atoms with Crippen LogP contribution < -0.4 is 0 Å². The van der Waals surface area contributed by atoms with Crippen molar-refractivity contribution in [2.24, 2.45) is 0 Å². The predicted octanol–water partition coefficient (Wildman–Crippen LogP) is 0.108. The van der Waals surface area contributed by atoms with Gasteiger partial charge in [0.15, 0.2) is 6.29 Å². The summed E-state index contributed by atoms with van der Waals surface area (Å²) in [5.74, 6) is 0. The van der Waals surface area contributed by atoms with Gasteiger partial charge in [-0.2, -0.15) is 0 Å². The average molecular weight is 173 g/mol. The first-order valence-electron chi connectivity index (χ1n) is 2.89. The molecule has 0 spiro atoms. The van der Waals surface area contributed by atoms with Crippen LogP contribution in [0, 0.1) is 0 Å². The molecular weight excluding hydrogens is 166 g/mol. The Kier molecular flexibility index (Phi) is 1.82. The van der Waals surface area contributed by atoms with Gasteiger partial charge in [0, 0.05) is 6.20 Å². The number of hydrogen-bond acceptors (Lipinski definition) is 3. The van der Waals surface area contributed by atoms with Crippen molar-refractivity contribution in [1.82, 2.24) is 3.97 Å². The van der Waals surface area contributed by atoms with E-state index in [-0.39, 0.29) is 5.69 Å². The molecule has 0 aliphatic carbocycles. The molecule has 1 aromatic rings. The lowest BCUT2D eigenvalue weighted by atomic mass is 10.5. The van der Waals surface area contributed by atoms with Crippen molar-refractivity contribution in [3.8, 4) is 0 Å². The SMILES string of the molecule is CS(=O)(=O)n1cccc1C=O. The van der Waals surface area contributed by atoms with Crippen molar-refractivity contribution in [2.45, 2.75) is 0 Å². The maximum Gasteiger partial charge on any atom is 0.236 e. The summed E-state index contributed by atoms with van der Waals surface area (Å²) in [5.41, 5.74) is 0.146. The van der Waals surface area contributed by atoms with Crippen LogP contribution in [0.25, 0.3) is 0 Å². The molecule has 0 aromatic carbocycles. The highest BCUT2D eigenvalue weighted by molar-refractivity contribution is 7.89. The fourth-order valence-electron chi connectivity index (χ4n) is 0.773. The first-order chi connectivity index (χ1) is 5.05. The van der Waals surface area contributed by atoms with Crippen LogP contribution in [-0.4, -0.2) is 24.9 Å². The highest BCUT2D eigenvalue weighted by Gasteiger charge is 2.07. The van der Waals surface area contributed by atoms with Crippen LogP contribution in [-0.2, 0) is 10.0 Å². The Balaban J connectivity index is 3.35. The molecule has 4 nitrogen and oxygen atoms in total. The third-order valence-corrected chi connectivity index (χ3v) is 2.27. The fourth-order valence-corrected chi connectivity index (χ4v) is 1.55. The number of nitrogens with zero attached hydrogens (tertiary/aromatic N) is 1. The molecule has 0 radical (unpaired) electrons. The Morgan fingerprint density at radius 3 is 2.55 bits per heavy atom. The third-order valence-electron chi connectivity index (χ3n) is 1.22. The van der Waals surface area contributed by atoms with Crippen molar-refractivity contribution >= 4 is 16.3 Å². The zero-order valence-electron chi connectivity index (χ0n) is 5.89. The summed E-state index contributed by atoms with van der Waals surface area (Å²) in [7, 11) is -3.32. The molecule has 0 bridgehead atoms. The Hall–Kier alpha value is -1.10. The summed E-state index contributed by atoms with van der Waals surface area (Å²) < 4.78 is 22.7. The molecule has 1 aromatic heterocycles. The summed E-state index contributed by atoms with van der Waals surface area (Å²) in [6.45, 7) is 0. The second-order valence-corrected chi connectivity index (χ2v) is 3.97. The fraction of sp³-hybridized carbons (Fsp3) is 0.167. The quantitative estimate of drug-likeness (QED) is 0.596. The van der Waals surface area contributed by atoms with Gasteiger partial charge in [-0.1, -0.05) is 0 Å². The van der Waals surface area contributed by atoms with E-state index >= 15 is 0 Å². The molecule has 0 unspecified atom stereocenters. The van der Waals surface area contributed by atoms with Crippen LogP contribution in [0.3, 0.4) is 0 Å². The van der Waals surface area contributed by atoms with E-state index in [2.05, 4.69) is 0 Å². The molecule has 5 heteroatoms. The molecular formula is C6H7NO3S. The van der Waals surface area contributed by atoms with Crippen LogP contribution in [0.5, 0.6) is 0 Å². The summed E-state index contributed by atoms with van der Waals surface area (Å²) in [5, 5.41) is 0. The summed E-state index contributed by atoms with van der Waals surface area (Å²) in [6, 6.07) is 2.94. The van der Waals surface area contributed by atoms with E-state index in [1.807, 2.05) is 0 Å². The number of carbonyl (C=O) groups excluding carboxylic acids is 1. The van der Waals surface area contributed by atoms with Crippen LogP contribution >= 0.6 is 0 Å². The Labute approximate surface area is 64.5 Å². The zero-order chi connectivity index (χ0) is 8.48. The highest BCUT2D eigenvalue weighted by atomic mass is 32.2. The minimum atomic E-state index is -3.32. The smallest absolute Gasteiger partial charge is 0.236 e. The lowest BCUT2D eigenvalue weighted by Gasteiger charge is -1.99. The van der Waals surface area contributed by atoms with Crippen LogP contribution in [0.2, 0.25) is 0 Å². The van der Waals surface area contributed by atoms with E-state index in [4.69, 9.17) is 0 Å². The van der Waals surface area contributed by atoms with Crippen LogP contribution in [0.4, 0.5) is 0 Å². The second-order valence-electron chi connectivity index (χ2n) is 2.11. The number of rotatable bonds is 2. The molecule has 0 aliphatic rings. The molecule has 0 N–H and O–H groups in total. The van der Waals surface area contributed by atoms with Crippen molar-refractivity contribution in [1.29, 1.82) is 0 Å². The second kappa shape index (κ2) is 2.50. The standard InChI is InChI=1S/C6H7NO3S/c1-11(9,10)7-4-2-3-6(7)5-8/h2-5H,1H3. The van der Waals surface area contributed by atoms with Gasteiger partial charge in [-0.15, -0.1) is 0 Å². The first-order valence-corrected chi connectivity index (χ1v) is 4.73. The lowest BCUT2D eigenvalue weighted by Crippen LogP contribution is -2.11. The van der Waals surface area contributed by atoms with Gasteiger partial charge in [0.25, 0.3) is 0 Å². The third kappa shape index (κ3) is 1.48. The molecule has 0 saturated heterocycles. The summed E-state index contributed by atoms with van der Waals surface area (Å²) in [6.07, 6.45) is 2.88. The largest absolute Gasteiger partial charge is 0.296 e. The summed E-state index contributed by atoms with van der Waals surface area (Å²) in [4.78, 5) is 10.2. The van der Waals surface area contributed by atoms with Gasteiger partial charge < -0.3 is 0 Å². The van der Waals surface area contributed by atoms with E-state index in [0.29, 0.717) is 6.29 Å². The van der Waals surface area contributed by atoms with Gasteiger partial charge in [0.2, 0.25) is 10.0 Å². The molecule has 0 atom stereocenters. The number of aromatic nitrogens is 1. The molecule has 1 rings (SSSR count). The van der Waals surface area contributed by atoms with Gasteiger partial charge in [0.1, 0.15) is 0 Å². The monoisotopic (exact) mass is 173 g/mol. The van der Waals surface area contributed by atoms with Crippen molar-refractivity contribution in [2.75, 3.05) is 6.26 Å². The van der Waals surface area contributed by atoms with E-state index < -0.39 is 10.0 Å². The Morgan fingerprint density at radius 2 is 2.18 bits per heavy atom. The Morgan fingerprint density at radius 1 is 1.55 bits per heavy atom. The maximum absolute atomic E-state index is 10.9. The van der Waals surface area contributed by atoms with E-state index in [1.54, 1.807) is 0 Å². The van der Waals surface area contributed by atoms with Crippen molar-refractivity contribution < 1.29 is 13.2 Å². The minimum Gasteiger partial charge on any atom is -0.296 e. The van der Waals surface area contributed by atoms with E-state index in [1.165, 1.54) is 18.3 Å². The van der Waals surface area contributed by atoms with E-state index in [0.717, 1.165) is 10.2 Å². The summed E-state index contributed by atoms with van der Waals surface area (Å²) >= 11 is 0. The van der Waals surface area contributed by atoms with Gasteiger partial charge in [-0.25, -0.2) is 12.4 Å². The van der Waals surface area contributed by atoms with Crippen LogP contribution in [0.15, 0.2) is 18.3 Å². The topological polar surface area (TPSA) is 56.1 Å². The molecule has 0 aliphatic heterocycles. The zero-order valence-corrected chi connectivity index (χ0v) is 6.71. The van der Waals surface area contributed by atoms with Gasteiger partial charge in [0.05, 0.1) is 11.9 Å². The van der Waals surface area contributed by atoms with Crippen molar-refractivity contribution in [3.05, 3.63) is 24.0 Å². The number of aldehydes is 1. The minimum absolute atomic E-state index is 0.146. The predicted molar refractivity (Wildman–Crippen MR) is 40.1 cm³/mol. The molecule has 1 heterocycles. The molecule has 0 fully saturated rings. The average Bonchev–Trinajstić information content (AvgIpc) is 2.31. The first kappa shape index (κ1) is 8.00. The number of hydrogen-bond donors (Lipinski definition) is 0. The molecule has 0 saturated carbocycles. The Bertz CT molecular complexity index is 363. The molecule has 60 valence electrons. The van der Waals surface area contributed by atoms with Gasteiger partial charge in [-0.05, 0) is 12.1 Å². The van der Waals surface area contributed by atoms with Crippen molar-refractivity contribution in [3.63, 3.8) is 0 Å². The number of carbonyl (C=O) groups is 1.